The summed E-state index contributed by atoms with van der Waals surface area (Å²) in [4.78, 5) is 13.3. The van der Waals surface area contributed by atoms with E-state index >= 15 is 0 Å². The third-order valence-corrected chi connectivity index (χ3v) is 3.52. The molecule has 9 heteroatoms. The van der Waals surface area contributed by atoms with Crippen molar-refractivity contribution >= 4 is 12.0 Å². The summed E-state index contributed by atoms with van der Waals surface area (Å²) in [6, 6.07) is 2.16. The first kappa shape index (κ1) is 18.3. The molecule has 1 saturated heterocycles. The Kier molecular flexibility index (Phi) is 5.22. The maximum atomic E-state index is 13.1. The number of carbonyl (C=O) groups is 1. The zero-order chi connectivity index (χ0) is 18.0. The number of halogens is 6. The highest BCUT2D eigenvalue weighted by atomic mass is 19.4. The van der Waals surface area contributed by atoms with Crippen LogP contribution in [0, 0.1) is 0 Å². The highest BCUT2D eigenvalue weighted by Crippen LogP contribution is 2.42. The van der Waals surface area contributed by atoms with Crippen LogP contribution in [0.2, 0.25) is 0 Å². The van der Waals surface area contributed by atoms with Gasteiger partial charge in [-0.1, -0.05) is 12.1 Å². The zero-order valence-corrected chi connectivity index (χ0v) is 12.3. The minimum Gasteiger partial charge on any atom is -0.337 e. The van der Waals surface area contributed by atoms with Gasteiger partial charge in [-0.3, -0.25) is 4.79 Å². The summed E-state index contributed by atoms with van der Waals surface area (Å²) in [5, 5.41) is 3.00. The Hall–Kier alpha value is -2.03. The molecular weight excluding hydrogens is 338 g/mol. The van der Waals surface area contributed by atoms with E-state index in [1.807, 2.05) is 0 Å². The van der Waals surface area contributed by atoms with Crippen LogP contribution >= 0.6 is 0 Å². The Bertz CT molecular complexity index is 630. The molecule has 0 saturated carbocycles. The summed E-state index contributed by atoms with van der Waals surface area (Å²) >= 11 is 0. The minimum absolute atomic E-state index is 0.373. The molecule has 0 atom stereocenters. The fourth-order valence-corrected chi connectivity index (χ4v) is 2.41. The second-order valence-corrected chi connectivity index (χ2v) is 5.17. The van der Waals surface area contributed by atoms with Gasteiger partial charge in [-0.15, -0.1) is 0 Å². The van der Waals surface area contributed by atoms with Gasteiger partial charge in [-0.05, 0) is 17.7 Å². The SMILES string of the molecule is O=C(C=Cc1cccc(C(F)(F)F)c1C(F)(F)F)N1CCNCC1. The maximum Gasteiger partial charge on any atom is 0.417 e. The first-order chi connectivity index (χ1) is 11.1. The smallest absolute Gasteiger partial charge is 0.337 e. The van der Waals surface area contributed by atoms with E-state index in [0.29, 0.717) is 32.2 Å². The van der Waals surface area contributed by atoms with Gasteiger partial charge in [0.2, 0.25) is 5.91 Å². The summed E-state index contributed by atoms with van der Waals surface area (Å²) in [5.74, 6) is -0.540. The number of amides is 1. The first-order valence-corrected chi connectivity index (χ1v) is 7.06. The third-order valence-electron chi connectivity index (χ3n) is 3.52. The van der Waals surface area contributed by atoms with Crippen molar-refractivity contribution in [3.63, 3.8) is 0 Å². The van der Waals surface area contributed by atoms with E-state index in [9.17, 15) is 31.1 Å². The zero-order valence-electron chi connectivity index (χ0n) is 12.3. The van der Waals surface area contributed by atoms with E-state index < -0.39 is 35.0 Å². The molecule has 1 amide bonds. The van der Waals surface area contributed by atoms with E-state index in [0.717, 1.165) is 24.3 Å². The molecule has 132 valence electrons. The van der Waals surface area contributed by atoms with Crippen molar-refractivity contribution in [2.75, 3.05) is 26.2 Å². The molecule has 0 radical (unpaired) electrons. The molecule has 0 aromatic heterocycles. The lowest BCUT2D eigenvalue weighted by molar-refractivity contribution is -0.162. The van der Waals surface area contributed by atoms with Crippen LogP contribution in [0.4, 0.5) is 26.3 Å². The number of nitrogens with one attached hydrogen (secondary N) is 1. The number of hydrogen-bond acceptors (Lipinski definition) is 2. The molecule has 1 aromatic carbocycles. The number of piperazine rings is 1. The van der Waals surface area contributed by atoms with Crippen molar-refractivity contribution in [1.82, 2.24) is 10.2 Å². The molecule has 1 heterocycles. The van der Waals surface area contributed by atoms with Crippen LogP contribution in [-0.2, 0) is 17.1 Å². The summed E-state index contributed by atoms with van der Waals surface area (Å²) in [7, 11) is 0. The van der Waals surface area contributed by atoms with Crippen LogP contribution in [0.25, 0.3) is 6.08 Å². The predicted molar refractivity (Wildman–Crippen MR) is 74.9 cm³/mol. The lowest BCUT2D eigenvalue weighted by Gasteiger charge is -2.26. The molecule has 0 spiro atoms. The lowest BCUT2D eigenvalue weighted by atomic mass is 9.99. The molecule has 1 fully saturated rings. The number of rotatable bonds is 2. The topological polar surface area (TPSA) is 32.3 Å². The summed E-state index contributed by atoms with van der Waals surface area (Å²) < 4.78 is 77.8. The van der Waals surface area contributed by atoms with Gasteiger partial charge in [0, 0.05) is 32.3 Å². The summed E-state index contributed by atoms with van der Waals surface area (Å²) in [5.41, 5.74) is -4.26. The Balaban J connectivity index is 2.36. The van der Waals surface area contributed by atoms with Gasteiger partial charge < -0.3 is 10.2 Å². The fourth-order valence-electron chi connectivity index (χ4n) is 2.41. The van der Waals surface area contributed by atoms with Crippen molar-refractivity contribution < 1.29 is 31.1 Å². The Morgan fingerprint density at radius 1 is 1.04 bits per heavy atom. The van der Waals surface area contributed by atoms with Crippen molar-refractivity contribution in [2.24, 2.45) is 0 Å². The monoisotopic (exact) mass is 352 g/mol. The van der Waals surface area contributed by atoms with Crippen LogP contribution in [0.1, 0.15) is 16.7 Å². The van der Waals surface area contributed by atoms with Gasteiger partial charge in [-0.2, -0.15) is 26.3 Å². The molecule has 0 aliphatic carbocycles. The second kappa shape index (κ2) is 6.84. The fraction of sp³-hybridized carbons (Fsp3) is 0.400. The number of benzene rings is 1. The summed E-state index contributed by atoms with van der Waals surface area (Å²) in [6.07, 6.45) is -8.68. The highest BCUT2D eigenvalue weighted by molar-refractivity contribution is 5.92. The van der Waals surface area contributed by atoms with Gasteiger partial charge >= 0.3 is 12.4 Å². The quantitative estimate of drug-likeness (QED) is 0.655. The van der Waals surface area contributed by atoms with Crippen LogP contribution in [-0.4, -0.2) is 37.0 Å². The van der Waals surface area contributed by atoms with E-state index in [1.165, 1.54) is 4.90 Å². The van der Waals surface area contributed by atoms with Gasteiger partial charge in [0.1, 0.15) is 0 Å². The first-order valence-electron chi connectivity index (χ1n) is 7.06. The molecule has 2 rings (SSSR count). The van der Waals surface area contributed by atoms with Gasteiger partial charge in [0.05, 0.1) is 11.1 Å². The highest BCUT2D eigenvalue weighted by Gasteiger charge is 2.44. The second-order valence-electron chi connectivity index (χ2n) is 5.17. The Labute approximate surface area is 133 Å². The average molecular weight is 352 g/mol. The van der Waals surface area contributed by atoms with Crippen molar-refractivity contribution in [2.45, 2.75) is 12.4 Å². The molecule has 0 unspecified atom stereocenters. The summed E-state index contributed by atoms with van der Waals surface area (Å²) in [6.45, 7) is 1.88. The van der Waals surface area contributed by atoms with Crippen LogP contribution in [0.3, 0.4) is 0 Å². The average Bonchev–Trinajstić information content (AvgIpc) is 2.51. The molecule has 1 aromatic rings. The van der Waals surface area contributed by atoms with Gasteiger partial charge in [0.15, 0.2) is 0 Å². The van der Waals surface area contributed by atoms with Crippen LogP contribution in [0.15, 0.2) is 24.3 Å². The lowest BCUT2D eigenvalue weighted by Crippen LogP contribution is -2.45. The molecular formula is C15H14F6N2O. The molecule has 1 N–H and O–H groups in total. The normalized spacial score (nSPS) is 16.7. The van der Waals surface area contributed by atoms with E-state index in [1.54, 1.807) is 0 Å². The molecule has 1 aliphatic rings. The molecule has 0 bridgehead atoms. The van der Waals surface area contributed by atoms with E-state index in [-0.39, 0.29) is 0 Å². The number of carbonyl (C=O) groups excluding carboxylic acids is 1. The maximum absolute atomic E-state index is 13.1. The van der Waals surface area contributed by atoms with Crippen molar-refractivity contribution in [1.29, 1.82) is 0 Å². The van der Waals surface area contributed by atoms with E-state index in [2.05, 4.69) is 5.32 Å². The third kappa shape index (κ3) is 4.28. The molecule has 1 aliphatic heterocycles. The van der Waals surface area contributed by atoms with E-state index in [4.69, 9.17) is 0 Å². The largest absolute Gasteiger partial charge is 0.417 e. The Morgan fingerprint density at radius 3 is 2.21 bits per heavy atom. The minimum atomic E-state index is -5.19. The number of alkyl halides is 6. The Morgan fingerprint density at radius 2 is 1.67 bits per heavy atom. The van der Waals surface area contributed by atoms with Gasteiger partial charge in [-0.25, -0.2) is 0 Å². The molecule has 24 heavy (non-hydrogen) atoms. The predicted octanol–water partition coefficient (Wildman–Crippen LogP) is 3.17. The van der Waals surface area contributed by atoms with Crippen molar-refractivity contribution in [3.8, 4) is 0 Å². The van der Waals surface area contributed by atoms with Crippen molar-refractivity contribution in [3.05, 3.63) is 41.0 Å². The number of hydrogen-bond donors (Lipinski definition) is 1. The molecule has 3 nitrogen and oxygen atoms in total. The standard InChI is InChI=1S/C15H14F6N2O/c16-14(17,18)11-3-1-2-10(13(11)15(19,20)21)4-5-12(24)23-8-6-22-7-9-23/h1-5,22H,6-9H2. The van der Waals surface area contributed by atoms with Crippen LogP contribution in [0.5, 0.6) is 0 Å². The van der Waals surface area contributed by atoms with Crippen LogP contribution < -0.4 is 5.32 Å². The number of nitrogens with zero attached hydrogens (tertiary/aromatic N) is 1. The van der Waals surface area contributed by atoms with Gasteiger partial charge in [0.25, 0.3) is 0 Å².